The second-order valence-electron chi connectivity index (χ2n) is 9.12. The van der Waals surface area contributed by atoms with Crippen molar-refractivity contribution >= 4 is 17.1 Å². The minimum atomic E-state index is -1.29. The Morgan fingerprint density at radius 2 is 1.96 bits per heavy atom. The first kappa shape index (κ1) is 21.8. The molecule has 1 aromatic rings. The molecule has 0 bridgehead atoms. The summed E-state index contributed by atoms with van der Waals surface area (Å²) in [6.07, 6.45) is 3.17. The third kappa shape index (κ3) is 6.01. The molecule has 1 N–H and O–H groups in total. The number of carbonyl (C=O) groups is 1. The van der Waals surface area contributed by atoms with Gasteiger partial charge in [-0.1, -0.05) is 6.07 Å². The van der Waals surface area contributed by atoms with Gasteiger partial charge in [0.25, 0.3) is 0 Å². The molecule has 0 spiro atoms. The highest BCUT2D eigenvalue weighted by atomic mass is 32.2. The highest BCUT2D eigenvalue weighted by molar-refractivity contribution is 7.84. The molecule has 7 heteroatoms. The topological polar surface area (TPSA) is 71.5 Å². The van der Waals surface area contributed by atoms with Crippen molar-refractivity contribution in [2.24, 2.45) is 0 Å². The van der Waals surface area contributed by atoms with Crippen molar-refractivity contribution in [3.8, 4) is 0 Å². The van der Waals surface area contributed by atoms with Gasteiger partial charge in [0.15, 0.2) is 0 Å². The van der Waals surface area contributed by atoms with Crippen LogP contribution in [0.5, 0.6) is 0 Å². The van der Waals surface area contributed by atoms with Gasteiger partial charge >= 0.3 is 6.09 Å². The lowest BCUT2D eigenvalue weighted by molar-refractivity contribution is 0.0201. The molecule has 2 heterocycles. The molecule has 1 amide bonds. The number of amides is 1. The molecular weight excluding hydrogens is 362 g/mol. The predicted octanol–water partition coefficient (Wildman–Crippen LogP) is 3.88. The number of pyridine rings is 1. The van der Waals surface area contributed by atoms with E-state index in [1.165, 1.54) is 0 Å². The third-order valence-corrected chi connectivity index (χ3v) is 5.94. The predicted molar refractivity (Wildman–Crippen MR) is 109 cm³/mol. The van der Waals surface area contributed by atoms with Crippen molar-refractivity contribution in [1.82, 2.24) is 14.6 Å². The number of hydrogen-bond acceptors (Lipinski definition) is 4. The van der Waals surface area contributed by atoms with Crippen LogP contribution < -0.4 is 4.72 Å². The van der Waals surface area contributed by atoms with E-state index in [2.05, 4.69) is 9.71 Å². The van der Waals surface area contributed by atoms with Crippen molar-refractivity contribution in [2.75, 3.05) is 6.54 Å². The molecule has 0 saturated carbocycles. The Kier molecular flexibility index (Phi) is 6.68. The van der Waals surface area contributed by atoms with Crippen molar-refractivity contribution in [1.29, 1.82) is 0 Å². The van der Waals surface area contributed by atoms with E-state index in [-0.39, 0.29) is 18.2 Å². The molecule has 1 aliphatic rings. The Morgan fingerprint density at radius 1 is 1.30 bits per heavy atom. The Labute approximate surface area is 165 Å². The monoisotopic (exact) mass is 395 g/mol. The summed E-state index contributed by atoms with van der Waals surface area (Å²) < 4.78 is 21.2. The van der Waals surface area contributed by atoms with E-state index < -0.39 is 21.3 Å². The second kappa shape index (κ2) is 8.27. The van der Waals surface area contributed by atoms with Crippen LogP contribution in [-0.2, 0) is 15.7 Å². The van der Waals surface area contributed by atoms with E-state index in [1.54, 1.807) is 11.1 Å². The number of aromatic nitrogens is 1. The summed E-state index contributed by atoms with van der Waals surface area (Å²) in [4.78, 5) is 19.0. The minimum Gasteiger partial charge on any atom is -0.444 e. The Morgan fingerprint density at radius 3 is 2.48 bits per heavy atom. The Balaban J connectivity index is 2.32. The molecule has 2 rings (SSSR count). The first-order chi connectivity index (χ1) is 12.4. The van der Waals surface area contributed by atoms with Gasteiger partial charge in [-0.15, -0.1) is 0 Å². The Hall–Kier alpha value is -1.47. The van der Waals surface area contributed by atoms with Crippen LogP contribution in [0.25, 0.3) is 0 Å². The van der Waals surface area contributed by atoms with Crippen molar-refractivity contribution in [3.63, 3.8) is 0 Å². The normalized spacial score (nSPS) is 20.4. The lowest BCUT2D eigenvalue weighted by Crippen LogP contribution is -2.48. The van der Waals surface area contributed by atoms with Crippen LogP contribution in [0.15, 0.2) is 18.3 Å². The standard InChI is InChI=1S/C20H33N3O3S/c1-14-10-11-15(21-13-14)17(22-27(25)20(5,6)7)16-9-8-12-23(16)18(24)26-19(2,3)4/h10-11,13,16-17,22H,8-9,12H2,1-7H3/t16-,17?,27-/m1/s1. The molecular formula is C20H33N3O3S. The SMILES string of the molecule is Cc1ccc(C(N[S@](=O)C(C)(C)C)[C@H]2CCCN2C(=O)OC(C)(C)C)nc1. The number of ether oxygens (including phenoxy) is 1. The number of rotatable bonds is 4. The number of nitrogens with one attached hydrogen (secondary N) is 1. The quantitative estimate of drug-likeness (QED) is 0.840. The van der Waals surface area contributed by atoms with Crippen LogP contribution in [0.1, 0.15) is 71.7 Å². The zero-order valence-corrected chi connectivity index (χ0v) is 18.4. The van der Waals surface area contributed by atoms with Gasteiger partial charge in [-0.2, -0.15) is 0 Å². The van der Waals surface area contributed by atoms with Crippen LogP contribution in [0.4, 0.5) is 4.79 Å². The fourth-order valence-electron chi connectivity index (χ4n) is 2.98. The number of likely N-dealkylation sites (tertiary alicyclic amines) is 1. The summed E-state index contributed by atoms with van der Waals surface area (Å²) in [6.45, 7) is 14.0. The summed E-state index contributed by atoms with van der Waals surface area (Å²) in [7, 11) is -1.29. The molecule has 0 radical (unpaired) electrons. The zero-order valence-electron chi connectivity index (χ0n) is 17.5. The summed E-state index contributed by atoms with van der Waals surface area (Å²) in [5.74, 6) is 0. The van der Waals surface area contributed by atoms with Gasteiger partial charge in [0.1, 0.15) is 5.60 Å². The number of nitrogens with zero attached hydrogens (tertiary/aromatic N) is 2. The fourth-order valence-corrected chi connectivity index (χ4v) is 3.84. The van der Waals surface area contributed by atoms with Gasteiger partial charge in [-0.05, 0) is 72.9 Å². The largest absolute Gasteiger partial charge is 0.444 e. The number of carbonyl (C=O) groups excluding carboxylic acids is 1. The molecule has 152 valence electrons. The maximum atomic E-state index is 12.8. The molecule has 1 aromatic heterocycles. The van der Waals surface area contributed by atoms with Crippen LogP contribution in [0, 0.1) is 6.92 Å². The smallest absolute Gasteiger partial charge is 0.410 e. The van der Waals surface area contributed by atoms with Gasteiger partial charge in [0.05, 0.1) is 33.5 Å². The molecule has 1 saturated heterocycles. The van der Waals surface area contributed by atoms with Gasteiger partial charge in [0, 0.05) is 12.7 Å². The van der Waals surface area contributed by atoms with Gasteiger partial charge in [-0.3, -0.25) is 4.98 Å². The molecule has 27 heavy (non-hydrogen) atoms. The maximum absolute atomic E-state index is 12.8. The van der Waals surface area contributed by atoms with Gasteiger partial charge < -0.3 is 9.64 Å². The average Bonchev–Trinajstić information content (AvgIpc) is 3.00. The first-order valence-corrected chi connectivity index (χ1v) is 10.6. The summed E-state index contributed by atoms with van der Waals surface area (Å²) in [5, 5.41) is 0. The lowest BCUT2D eigenvalue weighted by Gasteiger charge is -2.34. The van der Waals surface area contributed by atoms with Crippen LogP contribution >= 0.6 is 0 Å². The molecule has 1 aliphatic heterocycles. The number of aryl methyl sites for hydroxylation is 1. The van der Waals surface area contributed by atoms with Crippen molar-refractivity contribution in [3.05, 3.63) is 29.6 Å². The van der Waals surface area contributed by atoms with Crippen molar-refractivity contribution < 1.29 is 13.7 Å². The fraction of sp³-hybridized carbons (Fsp3) is 0.700. The van der Waals surface area contributed by atoms with Crippen molar-refractivity contribution in [2.45, 2.75) is 83.7 Å². The van der Waals surface area contributed by atoms with Gasteiger partial charge in [0.2, 0.25) is 0 Å². The number of hydrogen-bond donors (Lipinski definition) is 1. The molecule has 0 aliphatic carbocycles. The second-order valence-corrected chi connectivity index (χ2v) is 11.1. The summed E-state index contributed by atoms with van der Waals surface area (Å²) in [5.41, 5.74) is 1.30. The maximum Gasteiger partial charge on any atom is 0.410 e. The molecule has 3 atom stereocenters. The summed E-state index contributed by atoms with van der Waals surface area (Å²) >= 11 is 0. The van der Waals surface area contributed by atoms with E-state index in [1.807, 2.05) is 60.6 Å². The van der Waals surface area contributed by atoms with E-state index >= 15 is 0 Å². The van der Waals surface area contributed by atoms with E-state index in [0.717, 1.165) is 24.1 Å². The summed E-state index contributed by atoms with van der Waals surface area (Å²) in [6, 6.07) is 3.46. The van der Waals surface area contributed by atoms with E-state index in [0.29, 0.717) is 6.54 Å². The first-order valence-electron chi connectivity index (χ1n) is 9.49. The molecule has 0 aromatic carbocycles. The zero-order chi connectivity index (χ0) is 20.4. The van der Waals surface area contributed by atoms with E-state index in [4.69, 9.17) is 4.74 Å². The highest BCUT2D eigenvalue weighted by Gasteiger charge is 2.40. The average molecular weight is 396 g/mol. The lowest BCUT2D eigenvalue weighted by atomic mass is 10.0. The Bertz CT molecular complexity index is 677. The molecule has 1 unspecified atom stereocenters. The van der Waals surface area contributed by atoms with Crippen LogP contribution in [0.3, 0.4) is 0 Å². The molecule has 1 fully saturated rings. The minimum absolute atomic E-state index is 0.152. The third-order valence-electron chi connectivity index (χ3n) is 4.36. The van der Waals surface area contributed by atoms with Gasteiger partial charge in [-0.25, -0.2) is 13.7 Å². The molecule has 6 nitrogen and oxygen atoms in total. The highest BCUT2D eigenvalue weighted by Crippen LogP contribution is 2.31. The van der Waals surface area contributed by atoms with Crippen LogP contribution in [-0.4, -0.2) is 43.1 Å². The van der Waals surface area contributed by atoms with E-state index in [9.17, 15) is 9.00 Å². The van der Waals surface area contributed by atoms with Crippen LogP contribution in [0.2, 0.25) is 0 Å².